The van der Waals surface area contributed by atoms with Gasteiger partial charge in [0.2, 0.25) is 0 Å². The van der Waals surface area contributed by atoms with E-state index >= 15 is 0 Å². The van der Waals surface area contributed by atoms with Gasteiger partial charge in [-0.3, -0.25) is 0 Å². The fraction of sp³-hybridized carbons (Fsp3) is 0.0500. The van der Waals surface area contributed by atoms with Gasteiger partial charge in [-0.2, -0.15) is 0 Å². The maximum atomic E-state index is 9.28. The Kier molecular flexibility index (Phi) is 3.03. The van der Waals surface area contributed by atoms with Gasteiger partial charge in [0, 0.05) is 11.8 Å². The summed E-state index contributed by atoms with van der Waals surface area (Å²) < 4.78 is 124. The predicted molar refractivity (Wildman–Crippen MR) is 169 cm³/mol. The van der Waals surface area contributed by atoms with Gasteiger partial charge in [-0.15, -0.1) is 0 Å². The van der Waals surface area contributed by atoms with Crippen molar-refractivity contribution in [3.63, 3.8) is 0 Å². The number of hydrogen-bond acceptors (Lipinski definition) is 0. The number of rotatable bonds is 3. The molecule has 0 saturated heterocycles. The van der Waals surface area contributed by atoms with Crippen molar-refractivity contribution >= 4 is 32.7 Å². The van der Waals surface area contributed by atoms with Crippen LogP contribution in [0.1, 0.15) is 30.3 Å². The monoisotopic (exact) mass is 522 g/mol. The highest BCUT2D eigenvalue weighted by molar-refractivity contribution is 5.96. The predicted octanol–water partition coefficient (Wildman–Crippen LogP) is 8.43. The molecule has 0 nitrogen and oxygen atoms in total. The van der Waals surface area contributed by atoms with E-state index in [2.05, 4.69) is 6.07 Å². The van der Waals surface area contributed by atoms with Crippen LogP contribution in [-0.2, 0) is 0 Å². The first-order valence-corrected chi connectivity index (χ1v) is 13.0. The molecule has 0 fully saturated rings. The number of fused-ring (bicyclic) bond motifs is 4. The second-order valence-corrected chi connectivity index (χ2v) is 9.80. The minimum absolute atomic E-state index is 0.0232. The van der Waals surface area contributed by atoms with E-state index in [9.17, 15) is 5.48 Å². The molecule has 2 unspecified atom stereocenters. The van der Waals surface area contributed by atoms with Crippen LogP contribution < -0.4 is 10.4 Å². The third-order valence-electron chi connectivity index (χ3n) is 7.65. The molecule has 0 heteroatoms. The molecule has 6 aromatic carbocycles. The third kappa shape index (κ3) is 3.68. The molecule has 0 spiro atoms. The van der Waals surface area contributed by atoms with Gasteiger partial charge in [0.1, 0.15) is 0 Å². The van der Waals surface area contributed by atoms with Crippen molar-refractivity contribution in [2.75, 3.05) is 0 Å². The first-order valence-electron chi connectivity index (χ1n) is 20.0. The SMILES string of the molecule is [2H]C1=CC2C(c3c([2H])c([2H])c([2H])c4c([2H])c([2H])c([2H])c([2H])c34)=c3c([2H])c([2H])c([2H])c([2H])c3=C(c3ccc(-c4ccc5ccccc5c4)cc3)C2C([2H])=C1[2H]. The highest BCUT2D eigenvalue weighted by Gasteiger charge is 2.32. The standard InChI is InChI=1S/C40H28/c1-2-12-31-26-32(25-22-27(31)10-1)28-20-23-30(24-21-28)39-35-15-5-7-17-37(35)40(38-18-8-6-16-36(38)39)34-19-9-13-29-11-3-4-14-33(29)34/h1-26,35,37H/i3D,4D,5D,6D,7D,8D,9D,11D,13D,14D,15D,16D,18D,19D. The van der Waals surface area contributed by atoms with Crippen LogP contribution in [0.25, 0.3) is 43.8 Å². The van der Waals surface area contributed by atoms with Crippen LogP contribution in [0.15, 0.2) is 157 Å². The zero-order valence-corrected chi connectivity index (χ0v) is 21.1. The molecule has 0 amide bonds. The van der Waals surface area contributed by atoms with Crippen molar-refractivity contribution in [1.29, 1.82) is 0 Å². The summed E-state index contributed by atoms with van der Waals surface area (Å²) >= 11 is 0. The number of hydrogen-bond donors (Lipinski definition) is 0. The smallest absolute Gasteiger partial charge is 0.0629 e. The molecule has 2 atom stereocenters. The minimum atomic E-state index is -1.15. The Balaban J connectivity index is 1.56. The van der Waals surface area contributed by atoms with Gasteiger partial charge in [0.05, 0.1) is 19.2 Å². The van der Waals surface area contributed by atoms with E-state index in [-0.39, 0.29) is 50.0 Å². The molecule has 0 radical (unpaired) electrons. The van der Waals surface area contributed by atoms with Crippen LogP contribution in [-0.4, -0.2) is 0 Å². The molecule has 0 aliphatic heterocycles. The number of benzene rings is 6. The van der Waals surface area contributed by atoms with Gasteiger partial charge >= 0.3 is 0 Å². The van der Waals surface area contributed by atoms with Crippen LogP contribution in [0.2, 0.25) is 0 Å². The molecule has 0 aromatic heterocycles. The molecule has 2 aliphatic carbocycles. The molecule has 8 rings (SSSR count). The summed E-state index contributed by atoms with van der Waals surface area (Å²) in [5, 5.41) is 1.37. The van der Waals surface area contributed by atoms with Crippen molar-refractivity contribution in [2.24, 2.45) is 11.8 Å². The Morgan fingerprint density at radius 1 is 0.500 bits per heavy atom. The quantitative estimate of drug-likeness (QED) is 0.219. The van der Waals surface area contributed by atoms with E-state index in [0.29, 0.717) is 5.56 Å². The van der Waals surface area contributed by atoms with Crippen molar-refractivity contribution in [2.45, 2.75) is 0 Å². The topological polar surface area (TPSA) is 0 Å². The lowest BCUT2D eigenvalue weighted by molar-refractivity contribution is 0.687. The summed E-state index contributed by atoms with van der Waals surface area (Å²) in [7, 11) is 0. The van der Waals surface area contributed by atoms with Gasteiger partial charge in [-0.1, -0.05) is 151 Å². The molecule has 2 aliphatic rings. The summed E-state index contributed by atoms with van der Waals surface area (Å²) in [6.07, 6.45) is 1.36. The molecule has 0 N–H and O–H groups in total. The van der Waals surface area contributed by atoms with Crippen molar-refractivity contribution in [1.82, 2.24) is 0 Å². The second kappa shape index (κ2) is 9.36. The largest absolute Gasteiger partial charge is 0.0760 e. The molecular formula is C40H28. The Morgan fingerprint density at radius 2 is 1.20 bits per heavy atom. The highest BCUT2D eigenvalue weighted by atomic mass is 14.3. The second-order valence-electron chi connectivity index (χ2n) is 9.80. The summed E-state index contributed by atoms with van der Waals surface area (Å²) in [6.45, 7) is 0. The molecule has 0 saturated carbocycles. The average Bonchev–Trinajstić information content (AvgIpc) is 3.18. The molecule has 6 aromatic rings. The Hall–Kier alpha value is -4.94. The summed E-state index contributed by atoms with van der Waals surface area (Å²) in [4.78, 5) is 0. The zero-order chi connectivity index (χ0) is 38.7. The summed E-state index contributed by atoms with van der Waals surface area (Å²) in [5.41, 5.74) is 2.26. The Morgan fingerprint density at radius 3 is 2.08 bits per heavy atom. The van der Waals surface area contributed by atoms with E-state index in [0.717, 1.165) is 21.9 Å². The van der Waals surface area contributed by atoms with Crippen LogP contribution in [0.5, 0.6) is 0 Å². The fourth-order valence-corrected chi connectivity index (χ4v) is 5.82. The van der Waals surface area contributed by atoms with Crippen molar-refractivity contribution < 1.29 is 19.2 Å². The molecule has 40 heavy (non-hydrogen) atoms. The van der Waals surface area contributed by atoms with Crippen LogP contribution in [0, 0.1) is 11.8 Å². The lowest BCUT2D eigenvalue weighted by atomic mass is 9.69. The normalized spacial score (nSPS) is 23.4. The van der Waals surface area contributed by atoms with Crippen LogP contribution in [0.4, 0.5) is 0 Å². The van der Waals surface area contributed by atoms with Gasteiger partial charge in [-0.05, 0) is 71.4 Å². The maximum absolute atomic E-state index is 9.28. The van der Waals surface area contributed by atoms with E-state index in [4.69, 9.17) is 13.7 Å². The van der Waals surface area contributed by atoms with Gasteiger partial charge in [0.15, 0.2) is 0 Å². The first-order chi connectivity index (χ1) is 25.6. The Labute approximate surface area is 254 Å². The van der Waals surface area contributed by atoms with Crippen molar-refractivity contribution in [3.05, 3.63) is 179 Å². The van der Waals surface area contributed by atoms with Gasteiger partial charge in [0.25, 0.3) is 0 Å². The van der Waals surface area contributed by atoms with Gasteiger partial charge in [-0.25, -0.2) is 0 Å². The summed E-state index contributed by atoms with van der Waals surface area (Å²) in [6, 6.07) is 13.6. The lowest BCUT2D eigenvalue weighted by Gasteiger charge is -2.33. The number of allylic oxidation sites excluding steroid dienone is 4. The molecule has 188 valence electrons. The maximum Gasteiger partial charge on any atom is 0.0629 e. The molecule has 0 heterocycles. The highest BCUT2D eigenvalue weighted by Crippen LogP contribution is 2.42. The Bertz CT molecular complexity index is 2860. The van der Waals surface area contributed by atoms with Gasteiger partial charge < -0.3 is 0 Å². The summed E-state index contributed by atoms with van der Waals surface area (Å²) in [5.74, 6) is -2.29. The lowest BCUT2D eigenvalue weighted by Crippen LogP contribution is -2.40. The van der Waals surface area contributed by atoms with E-state index in [1.54, 1.807) is 12.1 Å². The van der Waals surface area contributed by atoms with E-state index in [1.807, 2.05) is 48.5 Å². The van der Waals surface area contributed by atoms with Crippen LogP contribution >= 0.6 is 0 Å². The van der Waals surface area contributed by atoms with Crippen molar-refractivity contribution in [3.8, 4) is 11.1 Å². The fourth-order valence-electron chi connectivity index (χ4n) is 5.82. The first kappa shape index (κ1) is 12.9. The van der Waals surface area contributed by atoms with Crippen LogP contribution in [0.3, 0.4) is 0 Å². The van der Waals surface area contributed by atoms with E-state index in [1.165, 1.54) is 6.08 Å². The van der Waals surface area contributed by atoms with E-state index < -0.39 is 84.4 Å². The third-order valence-corrected chi connectivity index (χ3v) is 7.65. The molecule has 0 bridgehead atoms. The average molecular weight is 523 g/mol. The zero-order valence-electron chi connectivity index (χ0n) is 35.1. The molecular weight excluding hydrogens is 480 g/mol. The minimum Gasteiger partial charge on any atom is -0.0760 e.